The van der Waals surface area contributed by atoms with Gasteiger partial charge in [-0.15, -0.1) is 11.8 Å². The van der Waals surface area contributed by atoms with E-state index in [-0.39, 0.29) is 30.7 Å². The Balaban J connectivity index is 1.52. The molecule has 0 saturated carbocycles. The molecule has 2 saturated heterocycles. The molecular formula is C27H29ClN4O4S. The number of likely N-dealkylation sites (tertiary alicyclic amines) is 1. The van der Waals surface area contributed by atoms with E-state index < -0.39 is 23.2 Å². The Morgan fingerprint density at radius 3 is 2.51 bits per heavy atom. The molecule has 3 atom stereocenters. The van der Waals surface area contributed by atoms with E-state index >= 15 is 0 Å². The van der Waals surface area contributed by atoms with Crippen molar-refractivity contribution in [3.05, 3.63) is 59.1 Å². The summed E-state index contributed by atoms with van der Waals surface area (Å²) in [4.78, 5) is 56.5. The van der Waals surface area contributed by atoms with Crippen LogP contribution in [0.3, 0.4) is 0 Å². The summed E-state index contributed by atoms with van der Waals surface area (Å²) < 4.78 is 0. The fraction of sp³-hybridized carbons (Fsp3) is 0.407. The summed E-state index contributed by atoms with van der Waals surface area (Å²) in [6.07, 6.45) is 3.64. The highest BCUT2D eigenvalue weighted by molar-refractivity contribution is 7.99. The Hall–Kier alpha value is -3.04. The highest BCUT2D eigenvalue weighted by atomic mass is 35.5. The molecule has 0 aromatic heterocycles. The number of carbonyl (C=O) groups excluding carboxylic acids is 4. The van der Waals surface area contributed by atoms with Crippen LogP contribution in [-0.4, -0.2) is 60.2 Å². The Morgan fingerprint density at radius 1 is 1.05 bits per heavy atom. The standard InChI is InChI=1S/C27H29ClN4O4S/c28-18-9-11-20-21(15-18)37-25(17-7-3-1-4-8-17)24(30-26(35)19-10-12-22(33)29-19)27(36)32(20)16-23(34)31-13-5-2-6-14-31/h1,3-4,7-9,11,15,19,24-25H,2,5-6,10,12-14,16H2,(H,29,33)(H,30,35)/t19-,24+,25+/m0/s1. The van der Waals surface area contributed by atoms with Crippen molar-refractivity contribution < 1.29 is 19.2 Å². The van der Waals surface area contributed by atoms with E-state index in [1.807, 2.05) is 30.3 Å². The number of nitrogens with one attached hydrogen (secondary N) is 2. The highest BCUT2D eigenvalue weighted by Crippen LogP contribution is 2.46. The lowest BCUT2D eigenvalue weighted by molar-refractivity contribution is -0.133. The zero-order chi connectivity index (χ0) is 25.9. The predicted octanol–water partition coefficient (Wildman–Crippen LogP) is 3.30. The van der Waals surface area contributed by atoms with Gasteiger partial charge in [0.1, 0.15) is 18.6 Å². The van der Waals surface area contributed by atoms with E-state index in [0.717, 1.165) is 29.7 Å². The van der Waals surface area contributed by atoms with Gasteiger partial charge in [-0.1, -0.05) is 41.9 Å². The molecule has 8 nitrogen and oxygen atoms in total. The van der Waals surface area contributed by atoms with Gasteiger partial charge in [0.2, 0.25) is 17.7 Å². The summed E-state index contributed by atoms with van der Waals surface area (Å²) >= 11 is 7.79. The second-order valence-electron chi connectivity index (χ2n) is 9.57. The van der Waals surface area contributed by atoms with Crippen LogP contribution in [-0.2, 0) is 19.2 Å². The summed E-state index contributed by atoms with van der Waals surface area (Å²) in [5.41, 5.74) is 1.45. The fourth-order valence-corrected chi connectivity index (χ4v) is 6.69. The summed E-state index contributed by atoms with van der Waals surface area (Å²) in [6.45, 7) is 1.23. The van der Waals surface area contributed by atoms with Gasteiger partial charge in [0.25, 0.3) is 5.91 Å². The van der Waals surface area contributed by atoms with Gasteiger partial charge in [-0.2, -0.15) is 0 Å². The second kappa shape index (κ2) is 11.1. The maximum Gasteiger partial charge on any atom is 0.251 e. The van der Waals surface area contributed by atoms with Crippen LogP contribution in [0.4, 0.5) is 5.69 Å². The maximum absolute atomic E-state index is 14.2. The fourth-order valence-electron chi connectivity index (χ4n) is 5.07. The van der Waals surface area contributed by atoms with Crippen molar-refractivity contribution in [2.75, 3.05) is 24.5 Å². The van der Waals surface area contributed by atoms with Crippen molar-refractivity contribution in [1.29, 1.82) is 0 Å². The minimum absolute atomic E-state index is 0.120. The van der Waals surface area contributed by atoms with E-state index in [2.05, 4.69) is 10.6 Å². The van der Waals surface area contributed by atoms with E-state index in [1.165, 1.54) is 16.7 Å². The molecule has 5 rings (SSSR count). The van der Waals surface area contributed by atoms with Gasteiger partial charge in [-0.25, -0.2) is 0 Å². The molecule has 4 amide bonds. The molecule has 0 bridgehead atoms. The third-order valence-electron chi connectivity index (χ3n) is 7.04. The quantitative estimate of drug-likeness (QED) is 0.606. The van der Waals surface area contributed by atoms with E-state index in [0.29, 0.717) is 30.2 Å². The van der Waals surface area contributed by atoms with Gasteiger partial charge >= 0.3 is 0 Å². The minimum atomic E-state index is -0.960. The molecule has 37 heavy (non-hydrogen) atoms. The molecule has 2 aromatic rings. The first kappa shape index (κ1) is 25.6. The van der Waals surface area contributed by atoms with Gasteiger partial charge in [0, 0.05) is 29.4 Å². The smallest absolute Gasteiger partial charge is 0.251 e. The highest BCUT2D eigenvalue weighted by Gasteiger charge is 2.42. The normalized spacial score (nSPS) is 23.8. The number of nitrogens with zero attached hydrogens (tertiary/aromatic N) is 2. The van der Waals surface area contributed by atoms with Gasteiger partial charge in [-0.3, -0.25) is 19.2 Å². The molecule has 2 fully saturated rings. The molecule has 0 aliphatic carbocycles. The molecule has 0 spiro atoms. The maximum atomic E-state index is 14.2. The van der Waals surface area contributed by atoms with Gasteiger partial charge in [-0.05, 0) is 49.4 Å². The Labute approximate surface area is 225 Å². The van der Waals surface area contributed by atoms with Crippen molar-refractivity contribution in [2.45, 2.75) is 54.3 Å². The van der Waals surface area contributed by atoms with Gasteiger partial charge in [0.15, 0.2) is 0 Å². The molecule has 0 unspecified atom stereocenters. The summed E-state index contributed by atoms with van der Waals surface area (Å²) in [5, 5.41) is 5.65. The van der Waals surface area contributed by atoms with Crippen LogP contribution in [0.5, 0.6) is 0 Å². The van der Waals surface area contributed by atoms with Crippen molar-refractivity contribution in [2.24, 2.45) is 0 Å². The summed E-state index contributed by atoms with van der Waals surface area (Å²) in [6, 6.07) is 13.1. The predicted molar refractivity (Wildman–Crippen MR) is 142 cm³/mol. The first-order valence-electron chi connectivity index (χ1n) is 12.6. The Morgan fingerprint density at radius 2 is 1.81 bits per heavy atom. The monoisotopic (exact) mass is 540 g/mol. The number of fused-ring (bicyclic) bond motifs is 1. The zero-order valence-electron chi connectivity index (χ0n) is 20.3. The molecule has 3 heterocycles. The lowest BCUT2D eigenvalue weighted by Crippen LogP contribution is -2.55. The largest absolute Gasteiger partial charge is 0.344 e. The lowest BCUT2D eigenvalue weighted by Gasteiger charge is -2.32. The van der Waals surface area contributed by atoms with E-state index in [1.54, 1.807) is 23.1 Å². The van der Waals surface area contributed by atoms with Crippen LogP contribution in [0.25, 0.3) is 0 Å². The molecule has 194 valence electrons. The van der Waals surface area contributed by atoms with Gasteiger partial charge < -0.3 is 20.4 Å². The number of anilines is 1. The van der Waals surface area contributed by atoms with Crippen molar-refractivity contribution in [3.8, 4) is 0 Å². The van der Waals surface area contributed by atoms with Crippen LogP contribution in [0.15, 0.2) is 53.4 Å². The van der Waals surface area contributed by atoms with Crippen LogP contribution in [0.1, 0.15) is 42.9 Å². The lowest BCUT2D eigenvalue weighted by atomic mass is 10.0. The number of piperidine rings is 1. The number of amides is 4. The third kappa shape index (κ3) is 5.62. The zero-order valence-corrected chi connectivity index (χ0v) is 21.9. The van der Waals surface area contributed by atoms with Crippen LogP contribution in [0.2, 0.25) is 5.02 Å². The average molecular weight is 541 g/mol. The number of hydrogen-bond acceptors (Lipinski definition) is 5. The van der Waals surface area contributed by atoms with Crippen LogP contribution in [0, 0.1) is 0 Å². The second-order valence-corrected chi connectivity index (χ2v) is 11.2. The Kier molecular flexibility index (Phi) is 7.71. The van der Waals surface area contributed by atoms with Crippen molar-refractivity contribution in [1.82, 2.24) is 15.5 Å². The molecule has 3 aliphatic rings. The molecular weight excluding hydrogens is 512 g/mol. The molecule has 10 heteroatoms. The number of carbonyl (C=O) groups is 4. The van der Waals surface area contributed by atoms with Gasteiger partial charge in [0.05, 0.1) is 10.9 Å². The first-order chi connectivity index (χ1) is 17.9. The van der Waals surface area contributed by atoms with Crippen molar-refractivity contribution in [3.63, 3.8) is 0 Å². The Bertz CT molecular complexity index is 1200. The van der Waals surface area contributed by atoms with Crippen LogP contribution >= 0.6 is 23.4 Å². The van der Waals surface area contributed by atoms with E-state index in [9.17, 15) is 19.2 Å². The first-order valence-corrected chi connectivity index (χ1v) is 13.9. The molecule has 2 aromatic carbocycles. The van der Waals surface area contributed by atoms with Crippen molar-refractivity contribution >= 4 is 52.7 Å². The third-order valence-corrected chi connectivity index (χ3v) is 8.66. The number of benzene rings is 2. The SMILES string of the molecule is O=C1CC[C@@H](C(=O)N[C@H]2C(=O)N(CC(=O)N3CCCCC3)c3ccc(Cl)cc3S[C@@H]2c2ccccc2)N1. The number of thioether (sulfide) groups is 1. The minimum Gasteiger partial charge on any atom is -0.344 e. The van der Waals surface area contributed by atoms with Crippen LogP contribution < -0.4 is 15.5 Å². The summed E-state index contributed by atoms with van der Waals surface area (Å²) in [5.74, 6) is -1.08. The number of rotatable bonds is 5. The summed E-state index contributed by atoms with van der Waals surface area (Å²) in [7, 11) is 0. The molecule has 0 radical (unpaired) electrons. The average Bonchev–Trinajstić information content (AvgIpc) is 3.32. The number of halogens is 1. The molecule has 2 N–H and O–H groups in total. The number of hydrogen-bond donors (Lipinski definition) is 2. The molecule has 3 aliphatic heterocycles. The topological polar surface area (TPSA) is 98.8 Å². The van der Waals surface area contributed by atoms with E-state index in [4.69, 9.17) is 11.6 Å².